The zero-order chi connectivity index (χ0) is 18.5. The summed E-state index contributed by atoms with van der Waals surface area (Å²) in [6, 6.07) is 15.0. The van der Waals surface area contributed by atoms with Crippen molar-refractivity contribution in [3.63, 3.8) is 0 Å². The third-order valence-electron chi connectivity index (χ3n) is 3.93. The highest BCUT2D eigenvalue weighted by atomic mass is 32.1. The number of rotatable bonds is 6. The molecule has 0 aliphatic heterocycles. The molecule has 2 unspecified atom stereocenters. The van der Waals surface area contributed by atoms with Gasteiger partial charge in [0.05, 0.1) is 12.1 Å². The van der Waals surface area contributed by atoms with E-state index in [9.17, 15) is 13.6 Å². The number of nitrogens with one attached hydrogen (secondary N) is 2. The maximum atomic E-state index is 13.3. The number of hydrogen-bond donors (Lipinski definition) is 2. The largest absolute Gasteiger partial charge is 0.325 e. The van der Waals surface area contributed by atoms with Crippen LogP contribution in [0.25, 0.3) is 0 Å². The zero-order valence-corrected chi connectivity index (χ0v) is 14.9. The van der Waals surface area contributed by atoms with Crippen molar-refractivity contribution in [2.24, 2.45) is 0 Å². The van der Waals surface area contributed by atoms with Gasteiger partial charge in [-0.1, -0.05) is 24.3 Å². The quantitative estimate of drug-likeness (QED) is 0.657. The average Bonchev–Trinajstić information content (AvgIpc) is 3.14. The summed E-state index contributed by atoms with van der Waals surface area (Å²) in [5, 5.41) is 7.92. The minimum Gasteiger partial charge on any atom is -0.325 e. The lowest BCUT2D eigenvalue weighted by atomic mass is 10.0. The molecule has 0 fully saturated rings. The number of thiophene rings is 1. The maximum Gasteiger partial charge on any atom is 0.241 e. The molecule has 6 heteroatoms. The Kier molecular flexibility index (Phi) is 5.75. The molecule has 1 heterocycles. The molecule has 0 saturated carbocycles. The lowest BCUT2D eigenvalue weighted by molar-refractivity contribution is -0.117. The van der Waals surface area contributed by atoms with Gasteiger partial charge in [-0.05, 0) is 54.3 Å². The topological polar surface area (TPSA) is 41.1 Å². The molecular formula is C20H18F2N2OS. The van der Waals surface area contributed by atoms with Crippen molar-refractivity contribution in [1.29, 1.82) is 0 Å². The molecule has 2 atom stereocenters. The van der Waals surface area contributed by atoms with Crippen molar-refractivity contribution >= 4 is 22.9 Å². The predicted molar refractivity (Wildman–Crippen MR) is 100 cm³/mol. The van der Waals surface area contributed by atoms with Crippen molar-refractivity contribution < 1.29 is 13.6 Å². The van der Waals surface area contributed by atoms with Gasteiger partial charge in [0.25, 0.3) is 0 Å². The van der Waals surface area contributed by atoms with E-state index in [1.54, 1.807) is 36.5 Å². The van der Waals surface area contributed by atoms with Gasteiger partial charge in [0.15, 0.2) is 0 Å². The molecule has 0 spiro atoms. The van der Waals surface area contributed by atoms with E-state index in [0.29, 0.717) is 5.69 Å². The van der Waals surface area contributed by atoms with E-state index in [1.807, 2.05) is 17.5 Å². The van der Waals surface area contributed by atoms with Crippen LogP contribution in [0.2, 0.25) is 0 Å². The molecule has 0 bridgehead atoms. The Bertz CT molecular complexity index is 866. The third kappa shape index (κ3) is 4.53. The molecule has 134 valence electrons. The van der Waals surface area contributed by atoms with Crippen molar-refractivity contribution in [1.82, 2.24) is 5.32 Å². The predicted octanol–water partition coefficient (Wildman–Crippen LogP) is 4.73. The van der Waals surface area contributed by atoms with E-state index >= 15 is 0 Å². The smallest absolute Gasteiger partial charge is 0.241 e. The molecule has 26 heavy (non-hydrogen) atoms. The lowest BCUT2D eigenvalue weighted by Crippen LogP contribution is -2.40. The van der Waals surface area contributed by atoms with Gasteiger partial charge in [0.2, 0.25) is 5.91 Å². The first kappa shape index (κ1) is 18.2. The van der Waals surface area contributed by atoms with E-state index < -0.39 is 11.9 Å². The summed E-state index contributed by atoms with van der Waals surface area (Å²) in [4.78, 5) is 13.5. The summed E-state index contributed by atoms with van der Waals surface area (Å²) in [5.41, 5.74) is 1.26. The Balaban J connectivity index is 1.75. The summed E-state index contributed by atoms with van der Waals surface area (Å²) in [6.45, 7) is 1.73. The van der Waals surface area contributed by atoms with E-state index in [0.717, 1.165) is 10.4 Å². The van der Waals surface area contributed by atoms with Gasteiger partial charge in [0, 0.05) is 10.6 Å². The lowest BCUT2D eigenvalue weighted by Gasteiger charge is -2.22. The maximum absolute atomic E-state index is 13.3. The highest BCUT2D eigenvalue weighted by Gasteiger charge is 2.21. The molecule has 3 aromatic rings. The van der Waals surface area contributed by atoms with Crippen molar-refractivity contribution in [2.45, 2.75) is 19.0 Å². The van der Waals surface area contributed by atoms with Crippen LogP contribution in [0.3, 0.4) is 0 Å². The summed E-state index contributed by atoms with van der Waals surface area (Å²) in [5.74, 6) is -0.999. The van der Waals surface area contributed by atoms with Crippen LogP contribution in [0.4, 0.5) is 14.5 Å². The zero-order valence-electron chi connectivity index (χ0n) is 14.1. The fourth-order valence-electron chi connectivity index (χ4n) is 2.60. The van der Waals surface area contributed by atoms with Crippen LogP contribution in [0, 0.1) is 11.6 Å². The number of anilines is 1. The second-order valence-corrected chi connectivity index (χ2v) is 6.87. The van der Waals surface area contributed by atoms with E-state index in [2.05, 4.69) is 10.6 Å². The Morgan fingerprint density at radius 3 is 2.42 bits per heavy atom. The standard InChI is InChI=1S/C20H18F2N2OS/c1-13(20(25)24-17-5-2-4-16(22)12-17)23-19(18-6-3-11-26-18)14-7-9-15(21)10-8-14/h2-13,19,23H,1H3,(H,24,25). The van der Waals surface area contributed by atoms with E-state index in [-0.39, 0.29) is 17.8 Å². The van der Waals surface area contributed by atoms with Crippen molar-refractivity contribution in [3.8, 4) is 0 Å². The van der Waals surface area contributed by atoms with Gasteiger partial charge >= 0.3 is 0 Å². The highest BCUT2D eigenvalue weighted by molar-refractivity contribution is 7.10. The minimum absolute atomic E-state index is 0.246. The van der Waals surface area contributed by atoms with Crippen molar-refractivity contribution in [3.05, 3.63) is 88.1 Å². The Morgan fingerprint density at radius 1 is 1.00 bits per heavy atom. The van der Waals surface area contributed by atoms with Gasteiger partial charge in [-0.3, -0.25) is 10.1 Å². The minimum atomic E-state index is -0.546. The molecule has 0 aliphatic rings. The molecule has 0 saturated heterocycles. The van der Waals surface area contributed by atoms with E-state index in [1.165, 1.54) is 30.3 Å². The second-order valence-electron chi connectivity index (χ2n) is 5.89. The third-order valence-corrected chi connectivity index (χ3v) is 4.87. The molecule has 3 nitrogen and oxygen atoms in total. The van der Waals surface area contributed by atoms with Crippen LogP contribution >= 0.6 is 11.3 Å². The fraction of sp³-hybridized carbons (Fsp3) is 0.150. The van der Waals surface area contributed by atoms with Crippen LogP contribution in [-0.2, 0) is 4.79 Å². The molecule has 3 rings (SSSR count). The summed E-state index contributed by atoms with van der Waals surface area (Å²) >= 11 is 1.55. The Labute approximate surface area is 154 Å². The van der Waals surface area contributed by atoms with Crippen LogP contribution in [0.1, 0.15) is 23.4 Å². The Hall–Kier alpha value is -2.57. The number of amides is 1. The molecule has 1 amide bonds. The molecule has 0 radical (unpaired) electrons. The van der Waals surface area contributed by atoms with Crippen LogP contribution in [-0.4, -0.2) is 11.9 Å². The van der Waals surface area contributed by atoms with Crippen LogP contribution in [0.15, 0.2) is 66.0 Å². The van der Waals surface area contributed by atoms with Gasteiger partial charge in [-0.15, -0.1) is 11.3 Å². The first-order chi connectivity index (χ1) is 12.5. The van der Waals surface area contributed by atoms with Gasteiger partial charge in [0.1, 0.15) is 11.6 Å². The van der Waals surface area contributed by atoms with Crippen LogP contribution in [0.5, 0.6) is 0 Å². The average molecular weight is 372 g/mol. The first-order valence-electron chi connectivity index (χ1n) is 8.14. The molecule has 2 N–H and O–H groups in total. The van der Waals surface area contributed by atoms with Gasteiger partial charge in [-0.25, -0.2) is 8.78 Å². The summed E-state index contributed by atoms with van der Waals surface area (Å²) in [6.07, 6.45) is 0. The summed E-state index contributed by atoms with van der Waals surface area (Å²) < 4.78 is 26.5. The van der Waals surface area contributed by atoms with Gasteiger partial charge in [-0.2, -0.15) is 0 Å². The Morgan fingerprint density at radius 2 is 1.77 bits per heavy atom. The highest BCUT2D eigenvalue weighted by Crippen LogP contribution is 2.27. The molecule has 0 aliphatic carbocycles. The molecular weight excluding hydrogens is 354 g/mol. The van der Waals surface area contributed by atoms with Crippen LogP contribution < -0.4 is 10.6 Å². The first-order valence-corrected chi connectivity index (χ1v) is 9.02. The normalized spacial score (nSPS) is 13.2. The number of carbonyl (C=O) groups excluding carboxylic acids is 1. The van der Waals surface area contributed by atoms with E-state index in [4.69, 9.17) is 0 Å². The van der Waals surface area contributed by atoms with Gasteiger partial charge < -0.3 is 5.32 Å². The number of hydrogen-bond acceptors (Lipinski definition) is 3. The molecule has 2 aromatic carbocycles. The second kappa shape index (κ2) is 8.21. The number of carbonyl (C=O) groups is 1. The summed E-state index contributed by atoms with van der Waals surface area (Å²) in [7, 11) is 0. The SMILES string of the molecule is CC(NC(c1ccc(F)cc1)c1cccs1)C(=O)Nc1cccc(F)c1. The van der Waals surface area contributed by atoms with Crippen molar-refractivity contribution in [2.75, 3.05) is 5.32 Å². The number of halogens is 2. The fourth-order valence-corrected chi connectivity index (χ4v) is 3.41. The molecule has 1 aromatic heterocycles. The monoisotopic (exact) mass is 372 g/mol. The number of benzene rings is 2.